The zero-order valence-electron chi connectivity index (χ0n) is 14.2. The van der Waals surface area contributed by atoms with Crippen LogP contribution >= 0.6 is 0 Å². The Morgan fingerprint density at radius 1 is 1.38 bits per heavy atom. The minimum atomic E-state index is -0.794. The van der Waals surface area contributed by atoms with Gasteiger partial charge in [-0.05, 0) is 53.5 Å². The van der Waals surface area contributed by atoms with E-state index in [1.807, 2.05) is 20.8 Å². The molecule has 5 heteroatoms. The molecule has 0 aromatic rings. The highest BCUT2D eigenvalue weighted by molar-refractivity contribution is 5.78. The summed E-state index contributed by atoms with van der Waals surface area (Å²) in [4.78, 5) is 14.1. The van der Waals surface area contributed by atoms with Crippen LogP contribution in [0, 0.1) is 0 Å². The van der Waals surface area contributed by atoms with E-state index >= 15 is 0 Å². The van der Waals surface area contributed by atoms with Crippen molar-refractivity contribution in [2.24, 2.45) is 0 Å². The van der Waals surface area contributed by atoms with Crippen molar-refractivity contribution in [1.82, 2.24) is 10.2 Å². The number of hydrogen-bond donors (Lipinski definition) is 2. The van der Waals surface area contributed by atoms with Crippen LogP contribution in [0.15, 0.2) is 0 Å². The van der Waals surface area contributed by atoms with Gasteiger partial charge in [-0.25, -0.2) is 0 Å². The van der Waals surface area contributed by atoms with Crippen LogP contribution in [-0.2, 0) is 9.53 Å². The van der Waals surface area contributed by atoms with Gasteiger partial charge in [0.05, 0.1) is 12.2 Å². The number of hydrogen-bond acceptors (Lipinski definition) is 4. The number of aliphatic carboxylic acids is 1. The van der Waals surface area contributed by atoms with E-state index in [1.54, 1.807) is 0 Å². The van der Waals surface area contributed by atoms with Gasteiger partial charge >= 0.3 is 5.97 Å². The van der Waals surface area contributed by atoms with Gasteiger partial charge in [0.25, 0.3) is 0 Å². The summed E-state index contributed by atoms with van der Waals surface area (Å²) in [6.07, 6.45) is 2.68. The van der Waals surface area contributed by atoms with Crippen molar-refractivity contribution in [2.75, 3.05) is 19.6 Å². The first-order valence-electron chi connectivity index (χ1n) is 8.18. The maximum atomic E-state index is 11.7. The van der Waals surface area contributed by atoms with Crippen LogP contribution in [0.25, 0.3) is 0 Å². The summed E-state index contributed by atoms with van der Waals surface area (Å²) in [5.74, 6) is -0.734. The van der Waals surface area contributed by atoms with Gasteiger partial charge in [-0.15, -0.1) is 0 Å². The van der Waals surface area contributed by atoms with E-state index in [0.717, 1.165) is 26.1 Å². The Morgan fingerprint density at radius 3 is 2.38 bits per heavy atom. The van der Waals surface area contributed by atoms with Crippen molar-refractivity contribution in [1.29, 1.82) is 0 Å². The maximum Gasteiger partial charge on any atom is 0.323 e. The van der Waals surface area contributed by atoms with Crippen molar-refractivity contribution in [3.05, 3.63) is 0 Å². The van der Waals surface area contributed by atoms with E-state index in [0.29, 0.717) is 12.8 Å². The van der Waals surface area contributed by atoms with Crippen LogP contribution in [0.5, 0.6) is 0 Å². The second kappa shape index (κ2) is 8.11. The fraction of sp³-hybridized carbons (Fsp3) is 0.938. The van der Waals surface area contributed by atoms with Crippen molar-refractivity contribution in [3.8, 4) is 0 Å². The average molecular weight is 300 g/mol. The van der Waals surface area contributed by atoms with E-state index in [1.165, 1.54) is 0 Å². The Hall–Kier alpha value is -0.650. The summed E-state index contributed by atoms with van der Waals surface area (Å²) in [6.45, 7) is 12.9. The van der Waals surface area contributed by atoms with Gasteiger partial charge in [-0.1, -0.05) is 6.92 Å². The molecule has 124 valence electrons. The van der Waals surface area contributed by atoms with Crippen LogP contribution < -0.4 is 5.32 Å². The molecule has 1 heterocycles. The molecule has 0 bridgehead atoms. The molecule has 1 aliphatic rings. The first kappa shape index (κ1) is 18.4. The Bertz CT molecular complexity index is 325. The molecule has 0 radical (unpaired) electrons. The Labute approximate surface area is 129 Å². The largest absolute Gasteiger partial charge is 0.480 e. The lowest BCUT2D eigenvalue weighted by molar-refractivity contribution is -0.146. The van der Waals surface area contributed by atoms with Crippen molar-refractivity contribution >= 4 is 5.97 Å². The summed E-state index contributed by atoms with van der Waals surface area (Å²) in [5, 5.41) is 12.9. The molecule has 0 spiro atoms. The van der Waals surface area contributed by atoms with Crippen molar-refractivity contribution in [2.45, 2.75) is 77.7 Å². The molecule has 1 rings (SSSR count). The Kier molecular flexibility index (Phi) is 7.10. The molecule has 0 aliphatic carbocycles. The van der Waals surface area contributed by atoms with Crippen LogP contribution in [0.3, 0.4) is 0 Å². The highest BCUT2D eigenvalue weighted by Gasteiger charge is 2.36. The number of nitrogens with zero attached hydrogens (tertiary/aromatic N) is 1. The Balaban J connectivity index is 2.51. The number of carboxylic acid groups (broad SMARTS) is 1. The van der Waals surface area contributed by atoms with E-state index in [-0.39, 0.29) is 18.2 Å². The summed E-state index contributed by atoms with van der Waals surface area (Å²) in [6, 6.07) is 0.171. The van der Waals surface area contributed by atoms with Gasteiger partial charge in [0, 0.05) is 19.1 Å². The summed E-state index contributed by atoms with van der Waals surface area (Å²) < 4.78 is 5.73. The van der Waals surface area contributed by atoms with Crippen LogP contribution in [0.4, 0.5) is 0 Å². The third-order valence-electron chi connectivity index (χ3n) is 4.15. The number of rotatable bonds is 8. The summed E-state index contributed by atoms with van der Waals surface area (Å²) in [5.41, 5.74) is -0.794. The van der Waals surface area contributed by atoms with Gasteiger partial charge in [-0.2, -0.15) is 0 Å². The SMILES string of the molecule is CCC(CCCN1CC(C)OC(C)C1)(NC(C)C)C(=O)O. The van der Waals surface area contributed by atoms with E-state index in [9.17, 15) is 9.90 Å². The fourth-order valence-electron chi connectivity index (χ4n) is 3.29. The molecule has 2 N–H and O–H groups in total. The smallest absolute Gasteiger partial charge is 0.323 e. The third kappa shape index (κ3) is 5.57. The number of carboxylic acids is 1. The normalized spacial score (nSPS) is 26.8. The minimum absolute atomic E-state index is 0.171. The molecule has 5 nitrogen and oxygen atoms in total. The number of morpholine rings is 1. The molecule has 3 atom stereocenters. The fourth-order valence-corrected chi connectivity index (χ4v) is 3.29. The lowest BCUT2D eigenvalue weighted by Gasteiger charge is -2.36. The van der Waals surface area contributed by atoms with Crippen molar-refractivity contribution < 1.29 is 14.6 Å². The predicted molar refractivity (Wildman–Crippen MR) is 84.6 cm³/mol. The third-order valence-corrected chi connectivity index (χ3v) is 4.15. The molecule has 21 heavy (non-hydrogen) atoms. The maximum absolute atomic E-state index is 11.7. The molecular weight excluding hydrogens is 268 g/mol. The van der Waals surface area contributed by atoms with Crippen LogP contribution in [-0.4, -0.2) is 59.4 Å². The van der Waals surface area contributed by atoms with Gasteiger partial charge in [0.2, 0.25) is 0 Å². The van der Waals surface area contributed by atoms with Crippen LogP contribution in [0.2, 0.25) is 0 Å². The molecule has 1 aliphatic heterocycles. The molecule has 0 saturated carbocycles. The second-order valence-corrected chi connectivity index (χ2v) is 6.66. The minimum Gasteiger partial charge on any atom is -0.480 e. The average Bonchev–Trinajstić information content (AvgIpc) is 2.35. The highest BCUT2D eigenvalue weighted by Crippen LogP contribution is 2.20. The van der Waals surface area contributed by atoms with E-state index in [4.69, 9.17) is 4.74 Å². The molecule has 0 amide bonds. The molecule has 3 unspecified atom stereocenters. The van der Waals surface area contributed by atoms with Crippen molar-refractivity contribution in [3.63, 3.8) is 0 Å². The summed E-state index contributed by atoms with van der Waals surface area (Å²) in [7, 11) is 0. The molecule has 1 saturated heterocycles. The van der Waals surface area contributed by atoms with E-state index in [2.05, 4.69) is 24.1 Å². The number of ether oxygens (including phenoxy) is 1. The molecule has 0 aromatic heterocycles. The molecule has 1 fully saturated rings. The zero-order chi connectivity index (χ0) is 16.0. The second-order valence-electron chi connectivity index (χ2n) is 6.66. The lowest BCUT2D eigenvalue weighted by Crippen LogP contribution is -2.54. The van der Waals surface area contributed by atoms with Gasteiger partial charge in [0.1, 0.15) is 5.54 Å². The number of nitrogens with one attached hydrogen (secondary N) is 1. The molecule has 0 aromatic carbocycles. The standard InChI is InChI=1S/C16H32N2O3/c1-6-16(15(19)20,17-12(2)3)8-7-9-18-10-13(4)21-14(5)11-18/h12-14,17H,6-11H2,1-5H3,(H,19,20). The predicted octanol–water partition coefficient (Wildman–Crippen LogP) is 2.11. The number of carbonyl (C=O) groups is 1. The Morgan fingerprint density at radius 2 is 1.95 bits per heavy atom. The quantitative estimate of drug-likeness (QED) is 0.719. The first-order valence-corrected chi connectivity index (χ1v) is 8.18. The topological polar surface area (TPSA) is 61.8 Å². The van der Waals surface area contributed by atoms with Gasteiger partial charge in [-0.3, -0.25) is 15.0 Å². The van der Waals surface area contributed by atoms with Crippen LogP contribution in [0.1, 0.15) is 53.9 Å². The monoisotopic (exact) mass is 300 g/mol. The molecular formula is C16H32N2O3. The lowest BCUT2D eigenvalue weighted by atomic mass is 9.89. The summed E-state index contributed by atoms with van der Waals surface area (Å²) >= 11 is 0. The first-order chi connectivity index (χ1) is 9.79. The van der Waals surface area contributed by atoms with Gasteiger partial charge in [0.15, 0.2) is 0 Å². The highest BCUT2D eigenvalue weighted by atomic mass is 16.5. The zero-order valence-corrected chi connectivity index (χ0v) is 14.2. The van der Waals surface area contributed by atoms with E-state index < -0.39 is 11.5 Å². The van der Waals surface area contributed by atoms with Gasteiger partial charge < -0.3 is 9.84 Å².